The molecule has 88 valence electrons. The molecule has 2 rings (SSSR count). The quantitative estimate of drug-likeness (QED) is 0.701. The molecule has 1 unspecified atom stereocenters. The lowest BCUT2D eigenvalue weighted by molar-refractivity contribution is 0.109. The smallest absolute Gasteiger partial charge is 0.115 e. The van der Waals surface area contributed by atoms with Crippen molar-refractivity contribution in [3.05, 3.63) is 29.8 Å². The van der Waals surface area contributed by atoms with Crippen LogP contribution < -0.4 is 5.73 Å². The topological polar surface area (TPSA) is 66.5 Å². The minimum absolute atomic E-state index is 0.129. The van der Waals surface area contributed by atoms with E-state index >= 15 is 0 Å². The van der Waals surface area contributed by atoms with Crippen LogP contribution in [0.2, 0.25) is 0 Å². The van der Waals surface area contributed by atoms with Gasteiger partial charge in [-0.3, -0.25) is 0 Å². The molecule has 0 heterocycles. The molecule has 1 aliphatic carbocycles. The highest BCUT2D eigenvalue weighted by atomic mass is 16.3. The van der Waals surface area contributed by atoms with Crippen LogP contribution in [-0.2, 0) is 6.42 Å². The van der Waals surface area contributed by atoms with Crippen LogP contribution in [0.1, 0.15) is 18.4 Å². The van der Waals surface area contributed by atoms with Gasteiger partial charge in [0.15, 0.2) is 0 Å². The first-order valence-electron chi connectivity index (χ1n) is 5.79. The fourth-order valence-electron chi connectivity index (χ4n) is 2.40. The van der Waals surface area contributed by atoms with Crippen molar-refractivity contribution >= 4 is 0 Å². The summed E-state index contributed by atoms with van der Waals surface area (Å²) in [6.45, 7) is 0.633. The summed E-state index contributed by atoms with van der Waals surface area (Å²) in [7, 11) is 0. The Balaban J connectivity index is 2.16. The van der Waals surface area contributed by atoms with Gasteiger partial charge in [0.2, 0.25) is 0 Å². The van der Waals surface area contributed by atoms with E-state index in [1.54, 1.807) is 12.1 Å². The van der Waals surface area contributed by atoms with E-state index in [4.69, 9.17) is 5.73 Å². The summed E-state index contributed by atoms with van der Waals surface area (Å²) in [5.41, 5.74) is 6.68. The average Bonchev–Trinajstić information content (AvgIpc) is 3.10. The highest BCUT2D eigenvalue weighted by molar-refractivity contribution is 5.28. The van der Waals surface area contributed by atoms with Gasteiger partial charge in [-0.15, -0.1) is 0 Å². The minimum Gasteiger partial charge on any atom is -0.508 e. The third kappa shape index (κ3) is 2.20. The van der Waals surface area contributed by atoms with Crippen LogP contribution in [0, 0.1) is 11.3 Å². The molecule has 0 saturated heterocycles. The molecular formula is C13H19NO2. The van der Waals surface area contributed by atoms with Gasteiger partial charge in [-0.05, 0) is 42.9 Å². The molecule has 0 radical (unpaired) electrons. The van der Waals surface area contributed by atoms with Gasteiger partial charge in [0.05, 0.1) is 6.61 Å². The van der Waals surface area contributed by atoms with E-state index in [2.05, 4.69) is 0 Å². The SMILES string of the molecule is NCC(CO)(Cc1cccc(O)c1)C1CC1. The molecule has 1 atom stereocenters. The zero-order valence-corrected chi connectivity index (χ0v) is 9.39. The zero-order chi connectivity index (χ0) is 11.6. The predicted molar refractivity (Wildman–Crippen MR) is 63.1 cm³/mol. The molecule has 0 aromatic heterocycles. The summed E-state index contributed by atoms with van der Waals surface area (Å²) < 4.78 is 0. The molecule has 1 saturated carbocycles. The van der Waals surface area contributed by atoms with Crippen molar-refractivity contribution in [3.8, 4) is 5.75 Å². The number of aliphatic hydroxyl groups excluding tert-OH is 1. The molecule has 3 heteroatoms. The maximum Gasteiger partial charge on any atom is 0.115 e. The van der Waals surface area contributed by atoms with Crippen molar-refractivity contribution in [2.45, 2.75) is 19.3 Å². The third-order valence-electron chi connectivity index (χ3n) is 3.63. The second-order valence-corrected chi connectivity index (χ2v) is 4.85. The first-order valence-corrected chi connectivity index (χ1v) is 5.79. The normalized spacial score (nSPS) is 19.4. The Hall–Kier alpha value is -1.06. The average molecular weight is 221 g/mol. The maximum absolute atomic E-state index is 9.58. The second kappa shape index (κ2) is 4.44. The van der Waals surface area contributed by atoms with E-state index in [9.17, 15) is 10.2 Å². The van der Waals surface area contributed by atoms with Gasteiger partial charge >= 0.3 is 0 Å². The largest absolute Gasteiger partial charge is 0.508 e. The Kier molecular flexibility index (Phi) is 3.17. The molecule has 4 N–H and O–H groups in total. The van der Waals surface area contributed by atoms with E-state index in [1.807, 2.05) is 12.1 Å². The van der Waals surface area contributed by atoms with Crippen molar-refractivity contribution in [1.82, 2.24) is 0 Å². The monoisotopic (exact) mass is 221 g/mol. The lowest BCUT2D eigenvalue weighted by Crippen LogP contribution is -2.38. The van der Waals surface area contributed by atoms with Gasteiger partial charge in [-0.2, -0.15) is 0 Å². The maximum atomic E-state index is 9.58. The lowest BCUT2D eigenvalue weighted by atomic mass is 9.78. The van der Waals surface area contributed by atoms with E-state index in [0.717, 1.165) is 24.8 Å². The molecule has 0 bridgehead atoms. The first kappa shape index (κ1) is 11.4. The Morgan fingerprint density at radius 2 is 2.12 bits per heavy atom. The number of hydrogen-bond acceptors (Lipinski definition) is 3. The van der Waals surface area contributed by atoms with Gasteiger partial charge in [-0.25, -0.2) is 0 Å². The van der Waals surface area contributed by atoms with Gasteiger partial charge in [0, 0.05) is 12.0 Å². The Bertz CT molecular complexity index is 357. The van der Waals surface area contributed by atoms with Crippen LogP contribution in [0.25, 0.3) is 0 Å². The number of aromatic hydroxyl groups is 1. The number of rotatable bonds is 5. The number of phenolic OH excluding ortho intramolecular Hbond substituents is 1. The van der Waals surface area contributed by atoms with E-state index in [-0.39, 0.29) is 17.8 Å². The number of aliphatic hydroxyl groups is 1. The molecule has 1 fully saturated rings. The van der Waals surface area contributed by atoms with Crippen molar-refractivity contribution < 1.29 is 10.2 Å². The Labute approximate surface area is 95.9 Å². The van der Waals surface area contributed by atoms with Gasteiger partial charge in [0.1, 0.15) is 5.75 Å². The van der Waals surface area contributed by atoms with Gasteiger partial charge in [-0.1, -0.05) is 12.1 Å². The zero-order valence-electron chi connectivity index (χ0n) is 9.39. The van der Waals surface area contributed by atoms with E-state index in [1.165, 1.54) is 0 Å². The molecule has 0 amide bonds. The van der Waals surface area contributed by atoms with Crippen LogP contribution in [-0.4, -0.2) is 23.4 Å². The predicted octanol–water partition coefficient (Wildman–Crippen LogP) is 1.28. The fraction of sp³-hybridized carbons (Fsp3) is 0.538. The number of nitrogens with two attached hydrogens (primary N) is 1. The van der Waals surface area contributed by atoms with Crippen LogP contribution >= 0.6 is 0 Å². The molecule has 1 aliphatic rings. The number of benzene rings is 1. The van der Waals surface area contributed by atoms with Crippen molar-refractivity contribution in [2.24, 2.45) is 17.1 Å². The lowest BCUT2D eigenvalue weighted by Gasteiger charge is -2.30. The number of phenols is 1. The highest BCUT2D eigenvalue weighted by Gasteiger charge is 2.43. The van der Waals surface area contributed by atoms with Gasteiger partial charge in [0.25, 0.3) is 0 Å². The molecule has 3 nitrogen and oxygen atoms in total. The molecule has 1 aromatic rings. The molecule has 0 spiro atoms. The van der Waals surface area contributed by atoms with Crippen LogP contribution in [0.15, 0.2) is 24.3 Å². The van der Waals surface area contributed by atoms with Crippen molar-refractivity contribution in [2.75, 3.05) is 13.2 Å². The second-order valence-electron chi connectivity index (χ2n) is 4.85. The summed E-state index contributed by atoms with van der Waals surface area (Å²) in [4.78, 5) is 0. The highest BCUT2D eigenvalue weighted by Crippen LogP contribution is 2.46. The van der Waals surface area contributed by atoms with Crippen LogP contribution in [0.3, 0.4) is 0 Å². The van der Waals surface area contributed by atoms with E-state index in [0.29, 0.717) is 12.5 Å². The molecular weight excluding hydrogens is 202 g/mol. The first-order chi connectivity index (χ1) is 7.70. The standard InChI is InChI=1S/C13H19NO2/c14-8-13(9-15,11-4-5-11)7-10-2-1-3-12(16)6-10/h1-3,6,11,15-16H,4-5,7-9,14H2. The molecule has 1 aromatic carbocycles. The summed E-state index contributed by atoms with van der Waals surface area (Å²) in [6.07, 6.45) is 3.08. The summed E-state index contributed by atoms with van der Waals surface area (Å²) in [5, 5.41) is 19.0. The van der Waals surface area contributed by atoms with E-state index < -0.39 is 0 Å². The van der Waals surface area contributed by atoms with Crippen molar-refractivity contribution in [1.29, 1.82) is 0 Å². The number of hydrogen-bond donors (Lipinski definition) is 3. The Morgan fingerprint density at radius 1 is 1.38 bits per heavy atom. The third-order valence-corrected chi connectivity index (χ3v) is 3.63. The fourth-order valence-corrected chi connectivity index (χ4v) is 2.40. The summed E-state index contributed by atoms with van der Waals surface area (Å²) >= 11 is 0. The van der Waals surface area contributed by atoms with Crippen LogP contribution in [0.5, 0.6) is 5.75 Å². The van der Waals surface area contributed by atoms with Crippen molar-refractivity contribution in [3.63, 3.8) is 0 Å². The Morgan fingerprint density at radius 3 is 2.62 bits per heavy atom. The van der Waals surface area contributed by atoms with Gasteiger partial charge < -0.3 is 15.9 Å². The minimum atomic E-state index is -0.187. The molecule has 16 heavy (non-hydrogen) atoms. The summed E-state index contributed by atoms with van der Waals surface area (Å²) in [6, 6.07) is 7.21. The molecule has 0 aliphatic heterocycles. The van der Waals surface area contributed by atoms with Crippen LogP contribution in [0.4, 0.5) is 0 Å². The summed E-state index contributed by atoms with van der Waals surface area (Å²) in [5.74, 6) is 0.821.